The van der Waals surface area contributed by atoms with Gasteiger partial charge in [0, 0.05) is 7.05 Å². The summed E-state index contributed by atoms with van der Waals surface area (Å²) in [6.07, 6.45) is 0. The molecule has 0 fully saturated rings. The van der Waals surface area contributed by atoms with Gasteiger partial charge in [-0.2, -0.15) is 5.26 Å². The zero-order chi connectivity index (χ0) is 14.0. The Morgan fingerprint density at radius 3 is 2.37 bits per heavy atom. The lowest BCUT2D eigenvalue weighted by Gasteiger charge is -2.19. The predicted octanol–water partition coefficient (Wildman–Crippen LogP) is 3.37. The number of rotatable bonds is 3. The Labute approximate surface area is 109 Å². The van der Waals surface area contributed by atoms with Gasteiger partial charge in [0.05, 0.1) is 18.2 Å². The van der Waals surface area contributed by atoms with Crippen LogP contribution in [-0.2, 0) is 6.54 Å². The second kappa shape index (κ2) is 5.11. The standard InChI is InChI=1S/C14H12F2N2O/c1-9-3-4-11(19-9)8-18(2)14-12(15)5-10(7-17)6-13(14)16/h3-6H,8H2,1-2H3. The van der Waals surface area contributed by atoms with E-state index < -0.39 is 11.6 Å². The van der Waals surface area contributed by atoms with Gasteiger partial charge in [-0.05, 0) is 31.2 Å². The van der Waals surface area contributed by atoms with Crippen molar-refractivity contribution in [1.82, 2.24) is 0 Å². The van der Waals surface area contributed by atoms with Crippen LogP contribution in [-0.4, -0.2) is 7.05 Å². The van der Waals surface area contributed by atoms with Crippen LogP contribution in [0.1, 0.15) is 17.1 Å². The topological polar surface area (TPSA) is 40.2 Å². The van der Waals surface area contributed by atoms with Crippen molar-refractivity contribution in [3.8, 4) is 6.07 Å². The van der Waals surface area contributed by atoms with Gasteiger partial charge in [-0.1, -0.05) is 0 Å². The molecule has 0 aliphatic rings. The molecule has 1 aromatic heterocycles. The Morgan fingerprint density at radius 1 is 1.26 bits per heavy atom. The number of nitriles is 1. The molecule has 0 atom stereocenters. The van der Waals surface area contributed by atoms with E-state index in [4.69, 9.17) is 9.68 Å². The average molecular weight is 262 g/mol. The normalized spacial score (nSPS) is 10.3. The Kier molecular flexibility index (Phi) is 3.52. The molecule has 0 bridgehead atoms. The molecular formula is C14H12F2N2O. The van der Waals surface area contributed by atoms with Crippen LogP contribution in [0.4, 0.5) is 14.5 Å². The third-order valence-corrected chi connectivity index (χ3v) is 2.72. The lowest BCUT2D eigenvalue weighted by molar-refractivity contribution is 0.478. The molecule has 0 aliphatic heterocycles. The summed E-state index contributed by atoms with van der Waals surface area (Å²) >= 11 is 0. The van der Waals surface area contributed by atoms with E-state index in [0.717, 1.165) is 17.9 Å². The van der Waals surface area contributed by atoms with Gasteiger partial charge in [-0.25, -0.2) is 8.78 Å². The maximum Gasteiger partial charge on any atom is 0.150 e. The molecule has 0 spiro atoms. The largest absolute Gasteiger partial charge is 0.464 e. The first-order valence-electron chi connectivity index (χ1n) is 5.67. The number of halogens is 2. The van der Waals surface area contributed by atoms with E-state index in [2.05, 4.69) is 0 Å². The summed E-state index contributed by atoms with van der Waals surface area (Å²) in [5, 5.41) is 8.64. The quantitative estimate of drug-likeness (QED) is 0.851. The highest BCUT2D eigenvalue weighted by Gasteiger charge is 2.16. The van der Waals surface area contributed by atoms with Crippen LogP contribution in [0.25, 0.3) is 0 Å². The molecule has 0 radical (unpaired) electrons. The summed E-state index contributed by atoms with van der Waals surface area (Å²) in [5.41, 5.74) is -0.214. The summed E-state index contributed by atoms with van der Waals surface area (Å²) in [7, 11) is 1.56. The molecule has 2 aromatic rings. The molecule has 1 heterocycles. The minimum atomic E-state index is -0.762. The lowest BCUT2D eigenvalue weighted by Crippen LogP contribution is -2.19. The summed E-state index contributed by atoms with van der Waals surface area (Å²) in [6, 6.07) is 7.28. The molecule has 0 aliphatic carbocycles. The van der Waals surface area contributed by atoms with Gasteiger partial charge in [-0.15, -0.1) is 0 Å². The van der Waals surface area contributed by atoms with Crippen molar-refractivity contribution < 1.29 is 13.2 Å². The number of anilines is 1. The van der Waals surface area contributed by atoms with Gasteiger partial charge in [0.15, 0.2) is 11.6 Å². The number of hydrogen-bond acceptors (Lipinski definition) is 3. The fraction of sp³-hybridized carbons (Fsp3) is 0.214. The molecule has 1 aromatic carbocycles. The van der Waals surface area contributed by atoms with Gasteiger partial charge in [-0.3, -0.25) is 0 Å². The maximum atomic E-state index is 13.8. The summed E-state index contributed by atoms with van der Waals surface area (Å²) in [4.78, 5) is 1.41. The third kappa shape index (κ3) is 2.74. The molecule has 3 nitrogen and oxygen atoms in total. The first-order chi connectivity index (χ1) is 9.01. The van der Waals surface area contributed by atoms with Crippen molar-refractivity contribution in [3.63, 3.8) is 0 Å². The fourth-order valence-corrected chi connectivity index (χ4v) is 1.88. The van der Waals surface area contributed by atoms with Gasteiger partial charge in [0.25, 0.3) is 0 Å². The predicted molar refractivity (Wildman–Crippen MR) is 66.6 cm³/mol. The van der Waals surface area contributed by atoms with Crippen LogP contribution in [0.15, 0.2) is 28.7 Å². The molecule has 0 N–H and O–H groups in total. The molecule has 2 rings (SSSR count). The Morgan fingerprint density at radius 2 is 1.89 bits per heavy atom. The molecule has 19 heavy (non-hydrogen) atoms. The summed E-state index contributed by atoms with van der Waals surface area (Å²) in [6.45, 7) is 2.04. The monoisotopic (exact) mass is 262 g/mol. The molecule has 0 amide bonds. The van der Waals surface area contributed by atoms with E-state index in [1.165, 1.54) is 4.90 Å². The first kappa shape index (κ1) is 13.1. The highest BCUT2D eigenvalue weighted by molar-refractivity contribution is 5.52. The Bertz CT molecular complexity index is 620. The second-order valence-electron chi connectivity index (χ2n) is 4.27. The van der Waals surface area contributed by atoms with E-state index in [1.807, 2.05) is 0 Å². The first-order valence-corrected chi connectivity index (χ1v) is 5.67. The van der Waals surface area contributed by atoms with Gasteiger partial charge in [0.2, 0.25) is 0 Å². The molecule has 0 saturated carbocycles. The van der Waals surface area contributed by atoms with E-state index in [9.17, 15) is 8.78 Å². The number of hydrogen-bond donors (Lipinski definition) is 0. The minimum Gasteiger partial charge on any atom is -0.464 e. The zero-order valence-electron chi connectivity index (χ0n) is 10.6. The molecule has 0 saturated heterocycles. The van der Waals surface area contributed by atoms with Crippen molar-refractivity contribution in [2.75, 3.05) is 11.9 Å². The van der Waals surface area contributed by atoms with Gasteiger partial charge >= 0.3 is 0 Å². The Hall–Kier alpha value is -2.35. The van der Waals surface area contributed by atoms with Crippen molar-refractivity contribution in [3.05, 3.63) is 53.0 Å². The molecular weight excluding hydrogens is 250 g/mol. The van der Waals surface area contributed by atoms with Crippen molar-refractivity contribution in [2.24, 2.45) is 0 Å². The summed E-state index contributed by atoms with van der Waals surface area (Å²) in [5.74, 6) is -0.169. The van der Waals surface area contributed by atoms with E-state index >= 15 is 0 Å². The lowest BCUT2D eigenvalue weighted by atomic mass is 10.2. The molecule has 5 heteroatoms. The smallest absolute Gasteiger partial charge is 0.150 e. The highest BCUT2D eigenvalue weighted by atomic mass is 19.1. The van der Waals surface area contributed by atoms with Crippen molar-refractivity contribution in [2.45, 2.75) is 13.5 Å². The fourth-order valence-electron chi connectivity index (χ4n) is 1.88. The van der Waals surface area contributed by atoms with E-state index in [-0.39, 0.29) is 17.8 Å². The maximum absolute atomic E-state index is 13.8. The number of nitrogens with zero attached hydrogens (tertiary/aromatic N) is 2. The minimum absolute atomic E-state index is 0.0407. The van der Waals surface area contributed by atoms with Crippen LogP contribution in [0.3, 0.4) is 0 Å². The van der Waals surface area contributed by atoms with Crippen molar-refractivity contribution >= 4 is 5.69 Å². The van der Waals surface area contributed by atoms with E-state index in [0.29, 0.717) is 5.76 Å². The highest BCUT2D eigenvalue weighted by Crippen LogP contribution is 2.25. The third-order valence-electron chi connectivity index (χ3n) is 2.72. The molecule has 0 unspecified atom stereocenters. The number of furan rings is 1. The second-order valence-corrected chi connectivity index (χ2v) is 4.27. The average Bonchev–Trinajstić information content (AvgIpc) is 2.73. The van der Waals surface area contributed by atoms with Crippen molar-refractivity contribution in [1.29, 1.82) is 5.26 Å². The van der Waals surface area contributed by atoms with Crippen LogP contribution in [0.2, 0.25) is 0 Å². The Balaban J connectivity index is 2.29. The van der Waals surface area contributed by atoms with E-state index in [1.54, 1.807) is 32.2 Å². The molecule has 98 valence electrons. The summed E-state index contributed by atoms with van der Waals surface area (Å²) < 4.78 is 32.9. The zero-order valence-corrected chi connectivity index (χ0v) is 10.6. The van der Waals surface area contributed by atoms with Crippen LogP contribution in [0.5, 0.6) is 0 Å². The van der Waals surface area contributed by atoms with Gasteiger partial charge < -0.3 is 9.32 Å². The van der Waals surface area contributed by atoms with Crippen LogP contribution < -0.4 is 4.90 Å². The number of aryl methyl sites for hydroxylation is 1. The van der Waals surface area contributed by atoms with Gasteiger partial charge in [0.1, 0.15) is 17.2 Å². The number of benzene rings is 1. The SMILES string of the molecule is Cc1ccc(CN(C)c2c(F)cc(C#N)cc2F)o1. The van der Waals surface area contributed by atoms with Crippen LogP contribution in [0, 0.1) is 29.9 Å². The van der Waals surface area contributed by atoms with Crippen LogP contribution >= 0.6 is 0 Å².